The van der Waals surface area contributed by atoms with Gasteiger partial charge < -0.3 is 5.32 Å². The summed E-state index contributed by atoms with van der Waals surface area (Å²) in [6.07, 6.45) is 3.35. The van der Waals surface area contributed by atoms with Crippen LogP contribution in [0.1, 0.15) is 0 Å². The number of nitrogens with one attached hydrogen (secondary N) is 2. The van der Waals surface area contributed by atoms with Crippen LogP contribution >= 0.6 is 0 Å². The van der Waals surface area contributed by atoms with Gasteiger partial charge >= 0.3 is 0 Å². The molecule has 3 heterocycles. The van der Waals surface area contributed by atoms with E-state index < -0.39 is 0 Å². The zero-order chi connectivity index (χ0) is 11.8. The van der Waals surface area contributed by atoms with E-state index in [9.17, 15) is 0 Å². The second-order valence-corrected chi connectivity index (χ2v) is 3.52. The minimum absolute atomic E-state index is 0.526. The van der Waals surface area contributed by atoms with E-state index in [-0.39, 0.29) is 0 Å². The number of aryl methyl sites for hydroxylation is 1. The second-order valence-electron chi connectivity index (χ2n) is 3.52. The molecular formula is C9H10N8. The zero-order valence-electron chi connectivity index (χ0n) is 9.34. The Balaban J connectivity index is 2.34. The van der Waals surface area contributed by atoms with Gasteiger partial charge in [0.1, 0.15) is 11.4 Å². The summed E-state index contributed by atoms with van der Waals surface area (Å²) in [7, 11) is 3.58. The molecule has 0 saturated heterocycles. The van der Waals surface area contributed by atoms with E-state index in [2.05, 4.69) is 35.8 Å². The fraction of sp³-hybridized carbons (Fsp3) is 0.222. The molecule has 0 aliphatic heterocycles. The van der Waals surface area contributed by atoms with Crippen molar-refractivity contribution in [2.75, 3.05) is 12.4 Å². The topological polar surface area (TPSA) is 97.2 Å². The lowest BCUT2D eigenvalue weighted by Crippen LogP contribution is -2.01. The van der Waals surface area contributed by atoms with Crippen molar-refractivity contribution < 1.29 is 0 Å². The maximum absolute atomic E-state index is 4.41. The molecule has 17 heavy (non-hydrogen) atoms. The Labute approximate surface area is 96.1 Å². The number of aromatic amines is 1. The quantitative estimate of drug-likeness (QED) is 0.652. The minimum atomic E-state index is 0.526. The molecule has 8 nitrogen and oxygen atoms in total. The summed E-state index contributed by atoms with van der Waals surface area (Å²) in [5.41, 5.74) is 2.25. The molecule has 8 heteroatoms. The van der Waals surface area contributed by atoms with Crippen LogP contribution < -0.4 is 5.32 Å². The van der Waals surface area contributed by atoms with E-state index in [1.165, 1.54) is 0 Å². The summed E-state index contributed by atoms with van der Waals surface area (Å²) in [5, 5.41) is 18.3. The third kappa shape index (κ3) is 1.41. The van der Waals surface area contributed by atoms with Gasteiger partial charge in [-0.15, -0.1) is 5.10 Å². The van der Waals surface area contributed by atoms with E-state index >= 15 is 0 Å². The van der Waals surface area contributed by atoms with Crippen molar-refractivity contribution in [3.8, 4) is 11.4 Å². The van der Waals surface area contributed by atoms with Gasteiger partial charge in [-0.25, -0.2) is 9.67 Å². The molecule has 0 unspecified atom stereocenters. The Morgan fingerprint density at radius 3 is 2.88 bits per heavy atom. The Bertz CT molecular complexity index is 666. The lowest BCUT2D eigenvalue weighted by molar-refractivity contribution is 0.719. The summed E-state index contributed by atoms with van der Waals surface area (Å²) in [6.45, 7) is 0. The molecule has 0 aliphatic rings. The van der Waals surface area contributed by atoms with Crippen LogP contribution in [0, 0.1) is 0 Å². The van der Waals surface area contributed by atoms with Gasteiger partial charge in [0.15, 0.2) is 5.65 Å². The number of hydrogen-bond acceptors (Lipinski definition) is 6. The van der Waals surface area contributed by atoms with Crippen molar-refractivity contribution in [2.45, 2.75) is 0 Å². The van der Waals surface area contributed by atoms with Crippen LogP contribution in [0.4, 0.5) is 5.95 Å². The molecule has 2 N–H and O–H groups in total. The van der Waals surface area contributed by atoms with Crippen LogP contribution in [-0.4, -0.2) is 42.2 Å². The molecule has 0 bridgehead atoms. The molecule has 86 valence electrons. The Morgan fingerprint density at radius 1 is 1.29 bits per heavy atom. The standard InChI is InChI=1S/C9H10N8/c1-10-9-13-7(6-4-12-16-17(6)2)5-3-11-15-8(5)14-9/h3-4H,1-2H3,(H2,10,11,13,14,15). The summed E-state index contributed by atoms with van der Waals surface area (Å²) in [6, 6.07) is 0. The Morgan fingerprint density at radius 2 is 2.18 bits per heavy atom. The van der Waals surface area contributed by atoms with E-state index in [1.54, 1.807) is 24.1 Å². The third-order valence-electron chi connectivity index (χ3n) is 2.49. The second kappa shape index (κ2) is 3.51. The number of hydrogen-bond donors (Lipinski definition) is 2. The van der Waals surface area contributed by atoms with Gasteiger partial charge in [-0.3, -0.25) is 5.10 Å². The molecule has 0 saturated carbocycles. The number of rotatable bonds is 2. The van der Waals surface area contributed by atoms with Crippen LogP contribution in [0.25, 0.3) is 22.4 Å². The summed E-state index contributed by atoms with van der Waals surface area (Å²) in [4.78, 5) is 8.68. The minimum Gasteiger partial charge on any atom is -0.357 e. The number of H-pyrrole nitrogens is 1. The average molecular weight is 230 g/mol. The van der Waals surface area contributed by atoms with Gasteiger partial charge in [-0.2, -0.15) is 10.1 Å². The van der Waals surface area contributed by atoms with Gasteiger partial charge in [0, 0.05) is 14.1 Å². The third-order valence-corrected chi connectivity index (χ3v) is 2.49. The number of anilines is 1. The molecule has 3 rings (SSSR count). The predicted octanol–water partition coefficient (Wildman–Crippen LogP) is 0.190. The van der Waals surface area contributed by atoms with Crippen molar-refractivity contribution in [1.82, 2.24) is 35.2 Å². The molecule has 0 fully saturated rings. The van der Waals surface area contributed by atoms with Gasteiger partial charge in [-0.05, 0) is 0 Å². The van der Waals surface area contributed by atoms with Crippen LogP contribution in [0.3, 0.4) is 0 Å². The fourth-order valence-electron chi connectivity index (χ4n) is 1.65. The molecule has 0 radical (unpaired) electrons. The van der Waals surface area contributed by atoms with E-state index in [0.717, 1.165) is 16.8 Å². The van der Waals surface area contributed by atoms with Gasteiger partial charge in [0.25, 0.3) is 0 Å². The van der Waals surface area contributed by atoms with E-state index in [4.69, 9.17) is 0 Å². The highest BCUT2D eigenvalue weighted by molar-refractivity contribution is 5.89. The van der Waals surface area contributed by atoms with Crippen molar-refractivity contribution >= 4 is 17.0 Å². The first kappa shape index (κ1) is 9.70. The van der Waals surface area contributed by atoms with Crippen molar-refractivity contribution in [1.29, 1.82) is 0 Å². The highest BCUT2D eigenvalue weighted by Gasteiger charge is 2.13. The maximum Gasteiger partial charge on any atom is 0.225 e. The normalized spacial score (nSPS) is 10.9. The Hall–Kier alpha value is -2.51. The van der Waals surface area contributed by atoms with Crippen LogP contribution in [0.2, 0.25) is 0 Å². The first-order valence-corrected chi connectivity index (χ1v) is 5.03. The maximum atomic E-state index is 4.41. The molecule has 3 aromatic rings. The molecular weight excluding hydrogens is 220 g/mol. The highest BCUT2D eigenvalue weighted by Crippen LogP contribution is 2.24. The first-order chi connectivity index (χ1) is 8.29. The van der Waals surface area contributed by atoms with E-state index in [1.807, 2.05) is 7.05 Å². The van der Waals surface area contributed by atoms with E-state index in [0.29, 0.717) is 11.6 Å². The lowest BCUT2D eigenvalue weighted by Gasteiger charge is -2.04. The number of aromatic nitrogens is 7. The smallest absolute Gasteiger partial charge is 0.225 e. The van der Waals surface area contributed by atoms with Crippen molar-refractivity contribution in [3.05, 3.63) is 12.4 Å². The van der Waals surface area contributed by atoms with Crippen LogP contribution in [-0.2, 0) is 7.05 Å². The van der Waals surface area contributed by atoms with Gasteiger partial charge in [0.05, 0.1) is 17.8 Å². The molecule has 0 aromatic carbocycles. The van der Waals surface area contributed by atoms with Gasteiger partial charge in [-0.1, -0.05) is 5.21 Å². The van der Waals surface area contributed by atoms with Crippen LogP contribution in [0.5, 0.6) is 0 Å². The summed E-state index contributed by atoms with van der Waals surface area (Å²) < 4.78 is 1.66. The van der Waals surface area contributed by atoms with Gasteiger partial charge in [0.2, 0.25) is 5.95 Å². The number of nitrogens with zero attached hydrogens (tertiary/aromatic N) is 6. The molecule has 3 aromatic heterocycles. The monoisotopic (exact) mass is 230 g/mol. The summed E-state index contributed by atoms with van der Waals surface area (Å²) >= 11 is 0. The number of fused-ring (bicyclic) bond motifs is 1. The van der Waals surface area contributed by atoms with Crippen molar-refractivity contribution in [2.24, 2.45) is 7.05 Å². The molecule has 0 amide bonds. The largest absolute Gasteiger partial charge is 0.357 e. The zero-order valence-corrected chi connectivity index (χ0v) is 9.34. The molecule has 0 spiro atoms. The first-order valence-electron chi connectivity index (χ1n) is 5.03. The lowest BCUT2D eigenvalue weighted by atomic mass is 10.2. The highest BCUT2D eigenvalue weighted by atomic mass is 15.4. The SMILES string of the molecule is CNc1nc(-c2cnnn2C)c2cn[nH]c2n1. The molecule has 0 aliphatic carbocycles. The average Bonchev–Trinajstić information content (AvgIpc) is 2.95. The predicted molar refractivity (Wildman–Crippen MR) is 61.2 cm³/mol. The van der Waals surface area contributed by atoms with Crippen molar-refractivity contribution in [3.63, 3.8) is 0 Å². The van der Waals surface area contributed by atoms with Crippen LogP contribution in [0.15, 0.2) is 12.4 Å². The fourth-order valence-corrected chi connectivity index (χ4v) is 1.65. The Kier molecular flexibility index (Phi) is 2.00. The summed E-state index contributed by atoms with van der Waals surface area (Å²) in [5.74, 6) is 0.526. The molecule has 0 atom stereocenters.